The second-order valence-electron chi connectivity index (χ2n) is 6.34. The summed E-state index contributed by atoms with van der Waals surface area (Å²) in [7, 11) is 1.42. The number of hydrogen-bond acceptors (Lipinski definition) is 4. The molecule has 4 rings (SSSR count). The van der Waals surface area contributed by atoms with Crippen LogP contribution in [-0.2, 0) is 6.42 Å². The first-order valence-corrected chi connectivity index (χ1v) is 8.37. The number of phenolic OH excluding ortho intramolecular Hbond substituents is 1. The maximum Gasteiger partial charge on any atom is 0.201 e. The first-order chi connectivity index (χ1) is 13.0. The zero-order chi connectivity index (χ0) is 19.1. The van der Waals surface area contributed by atoms with Gasteiger partial charge in [-0.3, -0.25) is 9.59 Å². The fraction of sp³-hybridized carbons (Fsp3) is 0.0909. The molecule has 27 heavy (non-hydrogen) atoms. The molecule has 1 aliphatic rings. The first-order valence-electron chi connectivity index (χ1n) is 8.37. The Kier molecular flexibility index (Phi) is 4.00. The van der Waals surface area contributed by atoms with Gasteiger partial charge in [0.1, 0.15) is 17.3 Å². The Morgan fingerprint density at radius 3 is 2.30 bits per heavy atom. The van der Waals surface area contributed by atoms with Crippen LogP contribution in [-0.4, -0.2) is 23.8 Å². The van der Waals surface area contributed by atoms with Crippen molar-refractivity contribution >= 4 is 11.6 Å². The van der Waals surface area contributed by atoms with Crippen LogP contribution < -0.4 is 4.74 Å². The molecule has 0 amide bonds. The lowest BCUT2D eigenvalue weighted by molar-refractivity contribution is 0.0974. The summed E-state index contributed by atoms with van der Waals surface area (Å²) in [4.78, 5) is 25.9. The lowest BCUT2D eigenvalue weighted by atomic mass is 9.81. The summed E-state index contributed by atoms with van der Waals surface area (Å²) in [6.45, 7) is 0. The summed E-state index contributed by atoms with van der Waals surface area (Å²) in [6, 6.07) is 13.9. The van der Waals surface area contributed by atoms with Gasteiger partial charge in [-0.15, -0.1) is 0 Å². The Labute approximate surface area is 154 Å². The highest BCUT2D eigenvalue weighted by Crippen LogP contribution is 2.38. The van der Waals surface area contributed by atoms with Crippen LogP contribution in [0, 0.1) is 5.82 Å². The number of carbonyl (C=O) groups excluding carboxylic acids is 2. The number of carbonyl (C=O) groups is 2. The van der Waals surface area contributed by atoms with Crippen molar-refractivity contribution in [2.45, 2.75) is 6.42 Å². The molecule has 3 aromatic rings. The van der Waals surface area contributed by atoms with Crippen molar-refractivity contribution in [3.63, 3.8) is 0 Å². The van der Waals surface area contributed by atoms with Crippen LogP contribution in [0.2, 0.25) is 0 Å². The van der Waals surface area contributed by atoms with Crippen LogP contribution in [0.25, 0.3) is 0 Å². The summed E-state index contributed by atoms with van der Waals surface area (Å²) in [5.41, 5.74) is 1.83. The maximum absolute atomic E-state index is 13.1. The van der Waals surface area contributed by atoms with Crippen molar-refractivity contribution in [1.82, 2.24) is 0 Å². The molecule has 0 heterocycles. The van der Waals surface area contributed by atoms with E-state index in [4.69, 9.17) is 4.74 Å². The number of ether oxygens (including phenoxy) is 1. The number of benzene rings is 3. The summed E-state index contributed by atoms with van der Waals surface area (Å²) >= 11 is 0. The number of fused-ring (bicyclic) bond motifs is 2. The number of aromatic hydroxyl groups is 1. The molecule has 134 valence electrons. The molecule has 0 fully saturated rings. The van der Waals surface area contributed by atoms with Crippen LogP contribution in [0.4, 0.5) is 4.39 Å². The smallest absolute Gasteiger partial charge is 0.201 e. The monoisotopic (exact) mass is 362 g/mol. The summed E-state index contributed by atoms with van der Waals surface area (Å²) in [5, 5.41) is 10.7. The highest BCUT2D eigenvalue weighted by atomic mass is 19.1. The van der Waals surface area contributed by atoms with Crippen molar-refractivity contribution < 1.29 is 23.8 Å². The van der Waals surface area contributed by atoms with Crippen molar-refractivity contribution in [3.05, 3.63) is 93.8 Å². The SMILES string of the molecule is COc1cccc2c1C(=O)c1c(ccc(Cc3ccc(F)cc3)c1O)C2=O. The lowest BCUT2D eigenvalue weighted by Crippen LogP contribution is -2.22. The van der Waals surface area contributed by atoms with Gasteiger partial charge in [0.25, 0.3) is 0 Å². The van der Waals surface area contributed by atoms with Gasteiger partial charge in [0.2, 0.25) is 5.78 Å². The third kappa shape index (κ3) is 2.68. The van der Waals surface area contributed by atoms with Crippen LogP contribution in [0.3, 0.4) is 0 Å². The Balaban J connectivity index is 1.83. The maximum atomic E-state index is 13.1. The van der Waals surface area contributed by atoms with E-state index in [0.717, 1.165) is 5.56 Å². The number of rotatable bonds is 3. The van der Waals surface area contributed by atoms with Gasteiger partial charge in [-0.25, -0.2) is 4.39 Å². The quantitative estimate of drug-likeness (QED) is 0.600. The van der Waals surface area contributed by atoms with Gasteiger partial charge in [0.05, 0.1) is 18.2 Å². The zero-order valence-electron chi connectivity index (χ0n) is 14.5. The van der Waals surface area contributed by atoms with E-state index in [1.54, 1.807) is 42.5 Å². The molecule has 0 aromatic heterocycles. The molecule has 0 unspecified atom stereocenters. The molecule has 0 bridgehead atoms. The Hall–Kier alpha value is -3.47. The molecule has 0 atom stereocenters. The van der Waals surface area contributed by atoms with Crippen molar-refractivity contribution in [3.8, 4) is 11.5 Å². The number of halogens is 1. The molecular weight excluding hydrogens is 347 g/mol. The van der Waals surface area contributed by atoms with Gasteiger partial charge in [0, 0.05) is 17.5 Å². The minimum Gasteiger partial charge on any atom is -0.507 e. The molecule has 0 radical (unpaired) electrons. The third-order valence-corrected chi connectivity index (χ3v) is 4.76. The molecule has 0 spiro atoms. The second kappa shape index (κ2) is 6.36. The molecule has 0 saturated carbocycles. The standard InChI is InChI=1S/C22H15FO4/c1-27-17-4-2-3-15-18(17)22(26)19-16(21(15)25)10-7-13(20(19)24)11-12-5-8-14(23)9-6-12/h2-10,24H,11H2,1H3. The molecule has 0 aliphatic heterocycles. The molecular formula is C22H15FO4. The second-order valence-corrected chi connectivity index (χ2v) is 6.34. The Morgan fingerprint density at radius 1 is 0.889 bits per heavy atom. The summed E-state index contributed by atoms with van der Waals surface area (Å²) in [6.07, 6.45) is 0.305. The van der Waals surface area contributed by atoms with E-state index in [1.165, 1.54) is 19.2 Å². The van der Waals surface area contributed by atoms with Crippen LogP contribution in [0.1, 0.15) is 43.0 Å². The van der Waals surface area contributed by atoms with Gasteiger partial charge in [-0.05, 0) is 35.4 Å². The molecule has 0 saturated heterocycles. The van der Waals surface area contributed by atoms with E-state index in [2.05, 4.69) is 0 Å². The van der Waals surface area contributed by atoms with Crippen LogP contribution >= 0.6 is 0 Å². The Morgan fingerprint density at radius 2 is 1.59 bits per heavy atom. The summed E-state index contributed by atoms with van der Waals surface area (Å²) < 4.78 is 18.3. The predicted octanol–water partition coefficient (Wildman–Crippen LogP) is 3.91. The van der Waals surface area contributed by atoms with Crippen LogP contribution in [0.15, 0.2) is 54.6 Å². The average Bonchev–Trinajstić information content (AvgIpc) is 2.68. The highest BCUT2D eigenvalue weighted by Gasteiger charge is 2.35. The highest BCUT2D eigenvalue weighted by molar-refractivity contribution is 6.30. The zero-order valence-corrected chi connectivity index (χ0v) is 14.5. The topological polar surface area (TPSA) is 63.6 Å². The number of phenols is 1. The van der Waals surface area contributed by atoms with Crippen LogP contribution in [0.5, 0.6) is 11.5 Å². The molecule has 5 heteroatoms. The number of methoxy groups -OCH3 is 1. The van der Waals surface area contributed by atoms with E-state index in [1.807, 2.05) is 0 Å². The molecule has 1 N–H and O–H groups in total. The molecule has 3 aromatic carbocycles. The first kappa shape index (κ1) is 17.0. The van der Waals surface area contributed by atoms with Gasteiger partial charge in [0.15, 0.2) is 5.78 Å². The molecule has 1 aliphatic carbocycles. The van der Waals surface area contributed by atoms with Crippen molar-refractivity contribution in [2.24, 2.45) is 0 Å². The average molecular weight is 362 g/mol. The van der Waals surface area contributed by atoms with Gasteiger partial charge in [-0.1, -0.05) is 30.3 Å². The van der Waals surface area contributed by atoms with Gasteiger partial charge < -0.3 is 9.84 Å². The fourth-order valence-corrected chi connectivity index (χ4v) is 3.41. The normalized spacial score (nSPS) is 12.5. The van der Waals surface area contributed by atoms with Crippen molar-refractivity contribution in [1.29, 1.82) is 0 Å². The molecule has 4 nitrogen and oxygen atoms in total. The third-order valence-electron chi connectivity index (χ3n) is 4.76. The number of hydrogen-bond donors (Lipinski definition) is 1. The number of ketones is 2. The van der Waals surface area contributed by atoms with E-state index in [-0.39, 0.29) is 39.6 Å². The predicted molar refractivity (Wildman–Crippen MR) is 97.2 cm³/mol. The van der Waals surface area contributed by atoms with Gasteiger partial charge >= 0.3 is 0 Å². The van der Waals surface area contributed by atoms with Crippen molar-refractivity contribution in [2.75, 3.05) is 7.11 Å². The van der Waals surface area contributed by atoms with Gasteiger partial charge in [-0.2, -0.15) is 0 Å². The van der Waals surface area contributed by atoms with E-state index in [0.29, 0.717) is 17.7 Å². The van der Waals surface area contributed by atoms with E-state index >= 15 is 0 Å². The largest absolute Gasteiger partial charge is 0.507 e. The lowest BCUT2D eigenvalue weighted by Gasteiger charge is -2.21. The Bertz CT molecular complexity index is 1080. The summed E-state index contributed by atoms with van der Waals surface area (Å²) in [5.74, 6) is -1.07. The van der Waals surface area contributed by atoms with E-state index in [9.17, 15) is 19.1 Å². The minimum atomic E-state index is -0.449. The van der Waals surface area contributed by atoms with E-state index < -0.39 is 5.78 Å². The minimum absolute atomic E-state index is 0.0170. The fourth-order valence-electron chi connectivity index (χ4n) is 3.41.